The van der Waals surface area contributed by atoms with Gasteiger partial charge in [-0.2, -0.15) is 0 Å². The van der Waals surface area contributed by atoms with E-state index in [1.165, 1.54) is 5.56 Å². The van der Waals surface area contributed by atoms with Crippen LogP contribution in [-0.4, -0.2) is 22.6 Å². The van der Waals surface area contributed by atoms with Crippen molar-refractivity contribution in [2.45, 2.75) is 39.2 Å². The highest BCUT2D eigenvalue weighted by atomic mass is 16.5. The van der Waals surface area contributed by atoms with Crippen molar-refractivity contribution in [2.24, 2.45) is 16.1 Å². The van der Waals surface area contributed by atoms with Crippen LogP contribution in [0.2, 0.25) is 0 Å². The molecule has 4 heterocycles. The number of amidine groups is 1. The van der Waals surface area contributed by atoms with Crippen molar-refractivity contribution in [1.82, 2.24) is 9.97 Å². The van der Waals surface area contributed by atoms with Gasteiger partial charge in [-0.3, -0.25) is 4.98 Å². The molecule has 6 heteroatoms. The van der Waals surface area contributed by atoms with Gasteiger partial charge in [-0.15, -0.1) is 0 Å². The summed E-state index contributed by atoms with van der Waals surface area (Å²) in [5.74, 6) is 1.28. The Labute approximate surface area is 182 Å². The summed E-state index contributed by atoms with van der Waals surface area (Å²) in [5.41, 5.74) is 10.5. The first-order valence-electron chi connectivity index (χ1n) is 10.5. The maximum atomic E-state index is 6.20. The molecular weight excluding hydrogens is 388 g/mol. The first-order chi connectivity index (χ1) is 14.8. The Morgan fingerprint density at radius 2 is 1.94 bits per heavy atom. The van der Waals surface area contributed by atoms with Gasteiger partial charge in [0, 0.05) is 35.3 Å². The summed E-state index contributed by atoms with van der Waals surface area (Å²) in [6.45, 7) is 7.10. The maximum Gasteiger partial charge on any atom is 0.283 e. The first-order valence-corrected chi connectivity index (χ1v) is 10.5. The average Bonchev–Trinajstić information content (AvgIpc) is 3.15. The van der Waals surface area contributed by atoms with Crippen molar-refractivity contribution in [3.63, 3.8) is 0 Å². The molecule has 0 amide bonds. The number of aliphatic imine (C=N–C) groups is 1. The number of nitrogens with two attached hydrogens (primary N) is 1. The zero-order chi connectivity index (χ0) is 21.6. The van der Waals surface area contributed by atoms with Gasteiger partial charge in [0.05, 0.1) is 5.56 Å². The molecule has 2 aromatic heterocycles. The van der Waals surface area contributed by atoms with Gasteiger partial charge in [0.1, 0.15) is 12.4 Å². The number of pyridine rings is 2. The molecule has 0 saturated heterocycles. The maximum absolute atomic E-state index is 6.20. The number of aryl methyl sites for hydroxylation is 1. The Hall–Kier alpha value is -3.41. The molecule has 0 saturated carbocycles. The molecule has 2 aliphatic heterocycles. The third-order valence-electron chi connectivity index (χ3n) is 5.88. The normalized spacial score (nSPS) is 19.3. The number of fused-ring (bicyclic) bond motifs is 4. The molecule has 158 valence electrons. The van der Waals surface area contributed by atoms with E-state index in [0.717, 1.165) is 40.8 Å². The summed E-state index contributed by atoms with van der Waals surface area (Å²) in [6, 6.07) is 12.5. The molecule has 31 heavy (non-hydrogen) atoms. The smallest absolute Gasteiger partial charge is 0.283 e. The Morgan fingerprint density at radius 3 is 2.65 bits per heavy atom. The highest BCUT2D eigenvalue weighted by Gasteiger charge is 2.47. The number of benzene rings is 1. The lowest BCUT2D eigenvalue weighted by atomic mass is 9.80. The van der Waals surface area contributed by atoms with Crippen molar-refractivity contribution < 1.29 is 9.47 Å². The molecule has 0 fully saturated rings. The summed E-state index contributed by atoms with van der Waals surface area (Å²) in [6.07, 6.45) is 7.44. The van der Waals surface area contributed by atoms with Crippen LogP contribution in [0.15, 0.2) is 60.0 Å². The molecule has 6 nitrogen and oxygen atoms in total. The Bertz CT molecular complexity index is 1170. The summed E-state index contributed by atoms with van der Waals surface area (Å²) in [5, 5.41) is 0. The van der Waals surface area contributed by atoms with E-state index < -0.39 is 5.54 Å². The molecule has 5 rings (SSSR count). The molecule has 1 aromatic carbocycles. The lowest BCUT2D eigenvalue weighted by Gasteiger charge is -2.33. The minimum atomic E-state index is -0.768. The predicted molar refractivity (Wildman–Crippen MR) is 120 cm³/mol. The topological polar surface area (TPSA) is 82.6 Å². The molecule has 0 bridgehead atoms. The molecule has 1 atom stereocenters. The van der Waals surface area contributed by atoms with E-state index in [-0.39, 0.29) is 11.4 Å². The number of hydrogen-bond acceptors (Lipinski definition) is 6. The Balaban J connectivity index is 1.63. The minimum absolute atomic E-state index is 0.186. The SMILES string of the molecule is CC(C)(C)CCc1ccc2c(c1)[C@@]1(COC(N)=N1)c1cc(-c3cccnc3)cnc1O2. The van der Waals surface area contributed by atoms with Crippen molar-refractivity contribution in [2.75, 3.05) is 6.61 Å². The molecule has 2 N–H and O–H groups in total. The Morgan fingerprint density at radius 1 is 1.06 bits per heavy atom. The van der Waals surface area contributed by atoms with Crippen LogP contribution in [0.4, 0.5) is 0 Å². The molecule has 2 aliphatic rings. The third-order valence-corrected chi connectivity index (χ3v) is 5.88. The fourth-order valence-electron chi connectivity index (χ4n) is 4.14. The van der Waals surface area contributed by atoms with Crippen molar-refractivity contribution in [1.29, 1.82) is 0 Å². The van der Waals surface area contributed by atoms with E-state index in [9.17, 15) is 0 Å². The molecule has 1 spiro atoms. The lowest BCUT2D eigenvalue weighted by molar-refractivity contribution is 0.262. The van der Waals surface area contributed by atoms with E-state index in [2.05, 4.69) is 48.9 Å². The van der Waals surface area contributed by atoms with Crippen LogP contribution in [0.1, 0.15) is 43.9 Å². The number of aromatic nitrogens is 2. The number of nitrogens with zero attached hydrogens (tertiary/aromatic N) is 3. The van der Waals surface area contributed by atoms with E-state index >= 15 is 0 Å². The fraction of sp³-hybridized carbons (Fsp3) is 0.320. The molecular formula is C25H26N4O2. The van der Waals surface area contributed by atoms with E-state index in [4.69, 9.17) is 20.2 Å². The summed E-state index contributed by atoms with van der Waals surface area (Å²) < 4.78 is 11.9. The quantitative estimate of drug-likeness (QED) is 0.665. The average molecular weight is 415 g/mol. The van der Waals surface area contributed by atoms with Crippen LogP contribution < -0.4 is 10.5 Å². The van der Waals surface area contributed by atoms with Gasteiger partial charge >= 0.3 is 0 Å². The standard InChI is InChI=1S/C25H26N4O2/c1-24(2,3)9-8-16-6-7-21-19(11-16)25(15-30-23(26)29-25)20-12-18(14-28-22(20)31-21)17-5-4-10-27-13-17/h4-7,10-14H,8-9,15H2,1-3H3,(H2,26,29)/t25-/m0/s1. The second-order valence-corrected chi connectivity index (χ2v) is 9.41. The monoisotopic (exact) mass is 414 g/mol. The highest BCUT2D eigenvalue weighted by molar-refractivity contribution is 5.77. The van der Waals surface area contributed by atoms with E-state index in [1.807, 2.05) is 24.4 Å². The van der Waals surface area contributed by atoms with Crippen molar-refractivity contribution in [3.8, 4) is 22.8 Å². The van der Waals surface area contributed by atoms with Crippen LogP contribution in [0, 0.1) is 5.41 Å². The summed E-state index contributed by atoms with van der Waals surface area (Å²) >= 11 is 0. The van der Waals surface area contributed by atoms with Crippen LogP contribution in [0.5, 0.6) is 11.6 Å². The van der Waals surface area contributed by atoms with Crippen LogP contribution in [-0.2, 0) is 16.7 Å². The van der Waals surface area contributed by atoms with E-state index in [1.54, 1.807) is 12.4 Å². The number of hydrogen-bond donors (Lipinski definition) is 1. The van der Waals surface area contributed by atoms with Crippen LogP contribution in [0.3, 0.4) is 0 Å². The summed E-state index contributed by atoms with van der Waals surface area (Å²) in [4.78, 5) is 13.6. The minimum Gasteiger partial charge on any atom is -0.462 e. The van der Waals surface area contributed by atoms with Gasteiger partial charge in [0.15, 0.2) is 5.54 Å². The highest BCUT2D eigenvalue weighted by Crippen LogP contribution is 2.51. The first kappa shape index (κ1) is 19.5. The van der Waals surface area contributed by atoms with Crippen LogP contribution in [0.25, 0.3) is 11.1 Å². The van der Waals surface area contributed by atoms with Crippen LogP contribution >= 0.6 is 0 Å². The largest absolute Gasteiger partial charge is 0.462 e. The molecule has 0 aliphatic carbocycles. The lowest BCUT2D eigenvalue weighted by Crippen LogP contribution is -2.31. The third kappa shape index (κ3) is 3.52. The zero-order valence-electron chi connectivity index (χ0n) is 18.1. The van der Waals surface area contributed by atoms with Gasteiger partial charge in [-0.1, -0.05) is 32.9 Å². The fourth-order valence-corrected chi connectivity index (χ4v) is 4.14. The number of ether oxygens (including phenoxy) is 2. The second kappa shape index (κ2) is 7.08. The molecule has 0 radical (unpaired) electrons. The van der Waals surface area contributed by atoms with Gasteiger partial charge in [-0.05, 0) is 48.1 Å². The zero-order valence-corrected chi connectivity index (χ0v) is 18.1. The second-order valence-electron chi connectivity index (χ2n) is 9.41. The molecule has 3 aromatic rings. The predicted octanol–water partition coefficient (Wildman–Crippen LogP) is 4.82. The van der Waals surface area contributed by atoms with Crippen molar-refractivity contribution in [3.05, 3.63) is 71.7 Å². The number of rotatable bonds is 3. The van der Waals surface area contributed by atoms with Gasteiger partial charge in [0.25, 0.3) is 6.02 Å². The van der Waals surface area contributed by atoms with Gasteiger partial charge in [0.2, 0.25) is 5.88 Å². The molecule has 0 unspecified atom stereocenters. The van der Waals surface area contributed by atoms with Gasteiger partial charge < -0.3 is 15.2 Å². The van der Waals surface area contributed by atoms with Gasteiger partial charge in [-0.25, -0.2) is 9.98 Å². The van der Waals surface area contributed by atoms with Crippen molar-refractivity contribution >= 4 is 6.02 Å². The summed E-state index contributed by atoms with van der Waals surface area (Å²) in [7, 11) is 0. The van der Waals surface area contributed by atoms with E-state index in [0.29, 0.717) is 12.5 Å². The Kier molecular flexibility index (Phi) is 4.46.